The third-order valence-electron chi connectivity index (χ3n) is 3.96. The zero-order valence-electron chi connectivity index (χ0n) is 13.6. The number of nitrogens with zero attached hydrogens (tertiary/aromatic N) is 4. The standard InChI is InChI=1S/C18H23N5/c1-2-3-4-8-11-23-14-22-16-17(20-13-21-18(16)23)19-12-15-9-6-5-7-10-15/h5-7,9-10,13-14H,2-4,8,11-12H2,1H3,(H,19,20,21). The number of imidazole rings is 1. The summed E-state index contributed by atoms with van der Waals surface area (Å²) in [5, 5.41) is 3.37. The minimum absolute atomic E-state index is 0.732. The van der Waals surface area contributed by atoms with Crippen LogP contribution < -0.4 is 5.32 Å². The van der Waals surface area contributed by atoms with Gasteiger partial charge in [-0.2, -0.15) is 0 Å². The van der Waals surface area contributed by atoms with Crippen LogP contribution in [0.15, 0.2) is 43.0 Å². The Labute approximate surface area is 136 Å². The molecule has 2 aromatic heterocycles. The second kappa shape index (κ2) is 7.72. The number of fused-ring (bicyclic) bond motifs is 1. The Morgan fingerprint density at radius 1 is 1.00 bits per heavy atom. The third-order valence-corrected chi connectivity index (χ3v) is 3.96. The lowest BCUT2D eigenvalue weighted by Crippen LogP contribution is -2.03. The lowest BCUT2D eigenvalue weighted by molar-refractivity contribution is 0.589. The van der Waals surface area contributed by atoms with E-state index in [-0.39, 0.29) is 0 Å². The molecule has 0 saturated heterocycles. The highest BCUT2D eigenvalue weighted by atomic mass is 15.1. The summed E-state index contributed by atoms with van der Waals surface area (Å²) >= 11 is 0. The molecular weight excluding hydrogens is 286 g/mol. The van der Waals surface area contributed by atoms with Crippen LogP contribution in [-0.4, -0.2) is 19.5 Å². The van der Waals surface area contributed by atoms with E-state index in [1.54, 1.807) is 6.33 Å². The maximum atomic E-state index is 4.51. The molecule has 2 heterocycles. The molecule has 5 nitrogen and oxygen atoms in total. The average Bonchev–Trinajstić information content (AvgIpc) is 3.02. The van der Waals surface area contributed by atoms with Crippen LogP contribution in [0.1, 0.15) is 38.2 Å². The molecule has 3 aromatic rings. The average molecular weight is 309 g/mol. The summed E-state index contributed by atoms with van der Waals surface area (Å²) in [5.41, 5.74) is 2.98. The number of unbranched alkanes of at least 4 members (excludes halogenated alkanes) is 3. The van der Waals surface area contributed by atoms with Crippen LogP contribution in [-0.2, 0) is 13.1 Å². The highest BCUT2D eigenvalue weighted by Crippen LogP contribution is 2.18. The van der Waals surface area contributed by atoms with Gasteiger partial charge in [0.05, 0.1) is 6.33 Å². The fourth-order valence-corrected chi connectivity index (χ4v) is 2.66. The molecule has 0 aliphatic heterocycles. The predicted molar refractivity (Wildman–Crippen MR) is 93.2 cm³/mol. The van der Waals surface area contributed by atoms with Crippen molar-refractivity contribution < 1.29 is 0 Å². The Morgan fingerprint density at radius 2 is 1.87 bits per heavy atom. The van der Waals surface area contributed by atoms with Gasteiger partial charge in [-0.05, 0) is 12.0 Å². The van der Waals surface area contributed by atoms with Crippen LogP contribution in [0.2, 0.25) is 0 Å². The lowest BCUT2D eigenvalue weighted by Gasteiger charge is -2.07. The molecular formula is C18H23N5. The van der Waals surface area contributed by atoms with Crippen molar-refractivity contribution >= 4 is 17.0 Å². The van der Waals surface area contributed by atoms with E-state index in [9.17, 15) is 0 Å². The van der Waals surface area contributed by atoms with E-state index < -0.39 is 0 Å². The van der Waals surface area contributed by atoms with E-state index in [4.69, 9.17) is 0 Å². The maximum Gasteiger partial charge on any atom is 0.165 e. The number of aromatic nitrogens is 4. The van der Waals surface area contributed by atoms with E-state index in [2.05, 4.69) is 43.9 Å². The van der Waals surface area contributed by atoms with Gasteiger partial charge >= 0.3 is 0 Å². The van der Waals surface area contributed by atoms with Crippen molar-refractivity contribution in [3.8, 4) is 0 Å². The highest BCUT2D eigenvalue weighted by molar-refractivity contribution is 5.82. The Kier molecular flexibility index (Phi) is 5.19. The quantitative estimate of drug-likeness (QED) is 0.639. The van der Waals surface area contributed by atoms with Gasteiger partial charge in [0, 0.05) is 13.1 Å². The molecule has 0 bridgehead atoms. The second-order valence-electron chi connectivity index (χ2n) is 5.73. The van der Waals surface area contributed by atoms with Crippen LogP contribution in [0.5, 0.6) is 0 Å². The van der Waals surface area contributed by atoms with Crippen molar-refractivity contribution in [1.29, 1.82) is 0 Å². The van der Waals surface area contributed by atoms with E-state index >= 15 is 0 Å². The van der Waals surface area contributed by atoms with Crippen molar-refractivity contribution in [1.82, 2.24) is 19.5 Å². The summed E-state index contributed by atoms with van der Waals surface area (Å²) in [6.07, 6.45) is 8.43. The van der Waals surface area contributed by atoms with E-state index in [1.807, 2.05) is 24.5 Å². The first kappa shape index (κ1) is 15.5. The zero-order valence-corrected chi connectivity index (χ0v) is 13.6. The fourth-order valence-electron chi connectivity index (χ4n) is 2.66. The summed E-state index contributed by atoms with van der Waals surface area (Å²) in [7, 11) is 0. The van der Waals surface area contributed by atoms with Crippen LogP contribution >= 0.6 is 0 Å². The summed E-state index contributed by atoms with van der Waals surface area (Å²) in [5.74, 6) is 0.797. The number of rotatable bonds is 8. The summed E-state index contributed by atoms with van der Waals surface area (Å²) < 4.78 is 2.13. The van der Waals surface area contributed by atoms with Crippen molar-refractivity contribution in [3.63, 3.8) is 0 Å². The summed E-state index contributed by atoms with van der Waals surface area (Å²) in [4.78, 5) is 13.3. The molecule has 5 heteroatoms. The Hall–Kier alpha value is -2.43. The smallest absolute Gasteiger partial charge is 0.165 e. The third kappa shape index (κ3) is 3.86. The molecule has 0 spiro atoms. The molecule has 0 saturated carbocycles. The van der Waals surface area contributed by atoms with Gasteiger partial charge in [0.25, 0.3) is 0 Å². The molecule has 3 rings (SSSR count). The highest BCUT2D eigenvalue weighted by Gasteiger charge is 2.09. The fraction of sp³-hybridized carbons (Fsp3) is 0.389. The van der Waals surface area contributed by atoms with Crippen molar-refractivity contribution in [2.45, 2.75) is 45.7 Å². The van der Waals surface area contributed by atoms with Crippen LogP contribution in [0.25, 0.3) is 11.2 Å². The van der Waals surface area contributed by atoms with E-state index in [1.165, 1.54) is 24.8 Å². The zero-order chi connectivity index (χ0) is 15.9. The first-order valence-electron chi connectivity index (χ1n) is 8.32. The molecule has 0 aliphatic carbocycles. The van der Waals surface area contributed by atoms with Gasteiger partial charge in [0.1, 0.15) is 11.8 Å². The Balaban J connectivity index is 1.70. The number of hydrogen-bond acceptors (Lipinski definition) is 4. The second-order valence-corrected chi connectivity index (χ2v) is 5.73. The molecule has 120 valence electrons. The van der Waals surface area contributed by atoms with Gasteiger partial charge in [-0.1, -0.05) is 56.5 Å². The van der Waals surface area contributed by atoms with Crippen molar-refractivity contribution in [2.75, 3.05) is 5.32 Å². The van der Waals surface area contributed by atoms with Crippen LogP contribution in [0, 0.1) is 0 Å². The van der Waals surface area contributed by atoms with E-state index in [0.29, 0.717) is 0 Å². The molecule has 23 heavy (non-hydrogen) atoms. The first-order chi connectivity index (χ1) is 11.4. The van der Waals surface area contributed by atoms with Crippen molar-refractivity contribution in [2.24, 2.45) is 0 Å². The maximum absolute atomic E-state index is 4.51. The van der Waals surface area contributed by atoms with Crippen molar-refractivity contribution in [3.05, 3.63) is 48.5 Å². The van der Waals surface area contributed by atoms with Crippen LogP contribution in [0.4, 0.5) is 5.82 Å². The largest absolute Gasteiger partial charge is 0.364 e. The molecule has 0 unspecified atom stereocenters. The SMILES string of the molecule is CCCCCCn1cnc2c(NCc3ccccc3)ncnc21. The number of benzene rings is 1. The monoisotopic (exact) mass is 309 g/mol. The Bertz CT molecular complexity index is 736. The summed E-state index contributed by atoms with van der Waals surface area (Å²) in [6, 6.07) is 10.3. The van der Waals surface area contributed by atoms with Gasteiger partial charge in [-0.15, -0.1) is 0 Å². The van der Waals surface area contributed by atoms with E-state index in [0.717, 1.165) is 36.5 Å². The molecule has 1 N–H and O–H groups in total. The molecule has 0 aliphatic rings. The summed E-state index contributed by atoms with van der Waals surface area (Å²) in [6.45, 7) is 3.92. The van der Waals surface area contributed by atoms with Crippen LogP contribution in [0.3, 0.4) is 0 Å². The van der Waals surface area contributed by atoms with Gasteiger partial charge in [0.2, 0.25) is 0 Å². The molecule has 0 amide bonds. The number of anilines is 1. The number of nitrogens with one attached hydrogen (secondary N) is 1. The minimum atomic E-state index is 0.732. The molecule has 0 radical (unpaired) electrons. The topological polar surface area (TPSA) is 55.6 Å². The van der Waals surface area contributed by atoms with Gasteiger partial charge < -0.3 is 9.88 Å². The Morgan fingerprint density at radius 3 is 2.70 bits per heavy atom. The van der Waals surface area contributed by atoms with Gasteiger partial charge in [-0.25, -0.2) is 15.0 Å². The lowest BCUT2D eigenvalue weighted by atomic mass is 10.2. The normalized spacial score (nSPS) is 11.0. The molecule has 0 atom stereocenters. The number of aryl methyl sites for hydroxylation is 1. The van der Waals surface area contributed by atoms with Gasteiger partial charge in [-0.3, -0.25) is 0 Å². The molecule has 0 fully saturated rings. The molecule has 1 aromatic carbocycles. The number of hydrogen-bond donors (Lipinski definition) is 1. The minimum Gasteiger partial charge on any atom is -0.364 e. The first-order valence-corrected chi connectivity index (χ1v) is 8.32. The van der Waals surface area contributed by atoms with Gasteiger partial charge in [0.15, 0.2) is 11.5 Å². The predicted octanol–water partition coefficient (Wildman–Crippen LogP) is 4.02.